The van der Waals surface area contributed by atoms with Crippen molar-refractivity contribution in [3.63, 3.8) is 0 Å². The first-order chi connectivity index (χ1) is 17.2. The number of hydrogen-bond acceptors (Lipinski definition) is 6. The van der Waals surface area contributed by atoms with Gasteiger partial charge in [0.25, 0.3) is 6.54 Å². The van der Waals surface area contributed by atoms with Crippen molar-refractivity contribution in [2.24, 2.45) is 5.92 Å². The molecule has 0 aliphatic rings. The molecule has 0 aliphatic heterocycles. The fourth-order valence-corrected chi connectivity index (χ4v) is 3.69. The third kappa shape index (κ3) is 7.39. The Hall–Kier alpha value is -4.21. The van der Waals surface area contributed by atoms with E-state index in [1.165, 1.54) is 0 Å². The summed E-state index contributed by atoms with van der Waals surface area (Å²) in [6, 6.07) is 15.8. The first kappa shape index (κ1) is 26.4. The summed E-state index contributed by atoms with van der Waals surface area (Å²) in [6.45, 7) is 2.54. The Bertz CT molecular complexity index is 1210. The van der Waals surface area contributed by atoms with Gasteiger partial charge in [0.2, 0.25) is 5.78 Å². The van der Waals surface area contributed by atoms with Gasteiger partial charge in [-0.1, -0.05) is 62.4 Å². The van der Waals surface area contributed by atoms with Crippen LogP contribution in [0.2, 0.25) is 0 Å². The number of ketones is 1. The molecule has 0 bridgehead atoms. The van der Waals surface area contributed by atoms with E-state index in [-0.39, 0.29) is 25.6 Å². The maximum Gasteiger partial charge on any atom is 0.418 e. The summed E-state index contributed by atoms with van der Waals surface area (Å²) in [4.78, 5) is 54.4. The van der Waals surface area contributed by atoms with E-state index in [1.807, 2.05) is 56.3 Å². The number of imide groups is 1. The molecule has 0 aliphatic carbocycles. The van der Waals surface area contributed by atoms with Gasteiger partial charge in [0.05, 0.1) is 13.1 Å². The van der Waals surface area contributed by atoms with Crippen LogP contribution in [0.4, 0.5) is 9.59 Å². The average Bonchev–Trinajstić information content (AvgIpc) is 3.25. The number of Topliss-reactive ketones (excluding diaryl/α,β-unsaturated/α-hetero) is 1. The maximum atomic E-state index is 13.6. The number of nitrogens with zero attached hydrogens (tertiary/aromatic N) is 3. The Morgan fingerprint density at radius 2 is 1.75 bits per heavy atom. The van der Waals surface area contributed by atoms with E-state index in [0.29, 0.717) is 12.0 Å². The molecule has 2 aromatic carbocycles. The van der Waals surface area contributed by atoms with Crippen LogP contribution in [0, 0.1) is 16.0 Å². The highest BCUT2D eigenvalue weighted by Gasteiger charge is 2.30. The highest BCUT2D eigenvalue weighted by atomic mass is 16.6. The van der Waals surface area contributed by atoms with E-state index < -0.39 is 35.9 Å². The summed E-state index contributed by atoms with van der Waals surface area (Å²) in [5, 5.41) is 11.7. The Labute approximate surface area is 209 Å². The number of aromatic nitrogens is 1. The number of H-pyrrole nitrogens is 1. The van der Waals surface area contributed by atoms with Crippen molar-refractivity contribution in [2.45, 2.75) is 33.4 Å². The van der Waals surface area contributed by atoms with Crippen molar-refractivity contribution < 1.29 is 24.0 Å². The minimum Gasteiger partial charge on any atom is -0.444 e. The number of fused-ring (bicyclic) bond motifs is 1. The molecule has 0 saturated heterocycles. The van der Waals surface area contributed by atoms with Crippen molar-refractivity contribution in [1.29, 1.82) is 0 Å². The highest BCUT2D eigenvalue weighted by molar-refractivity contribution is 5.94. The number of carbonyl (C=O) groups is 3. The third-order valence-electron chi connectivity index (χ3n) is 5.57. The summed E-state index contributed by atoms with van der Waals surface area (Å²) in [7, 11) is 0. The van der Waals surface area contributed by atoms with E-state index >= 15 is 0 Å². The maximum absolute atomic E-state index is 13.6. The summed E-state index contributed by atoms with van der Waals surface area (Å²) in [5.41, 5.74) is 2.32. The molecule has 0 radical (unpaired) electrons. The Balaban J connectivity index is 1.85. The van der Waals surface area contributed by atoms with Gasteiger partial charge in [-0.15, -0.1) is 0 Å². The second-order valence-electron chi connectivity index (χ2n) is 8.90. The zero-order valence-electron chi connectivity index (χ0n) is 20.4. The monoisotopic (exact) mass is 494 g/mol. The van der Waals surface area contributed by atoms with Crippen molar-refractivity contribution in [2.75, 3.05) is 19.6 Å². The zero-order chi connectivity index (χ0) is 26.1. The van der Waals surface area contributed by atoms with Gasteiger partial charge < -0.3 is 14.6 Å². The van der Waals surface area contributed by atoms with Crippen LogP contribution in [0.3, 0.4) is 0 Å². The van der Waals surface area contributed by atoms with Crippen LogP contribution in [0.1, 0.15) is 31.4 Å². The second-order valence-corrected chi connectivity index (χ2v) is 8.90. The van der Waals surface area contributed by atoms with E-state index in [4.69, 9.17) is 4.74 Å². The lowest BCUT2D eigenvalue weighted by Crippen LogP contribution is -2.48. The lowest BCUT2D eigenvalue weighted by atomic mass is 10.1. The van der Waals surface area contributed by atoms with Crippen LogP contribution >= 0.6 is 0 Å². The fourth-order valence-electron chi connectivity index (χ4n) is 3.69. The molecule has 36 heavy (non-hydrogen) atoms. The van der Waals surface area contributed by atoms with Gasteiger partial charge in [0.1, 0.15) is 6.61 Å². The van der Waals surface area contributed by atoms with Gasteiger partial charge in [0.15, 0.2) is 0 Å². The number of aromatic amines is 1. The molecule has 10 heteroatoms. The quantitative estimate of drug-likeness (QED) is 0.306. The summed E-state index contributed by atoms with van der Waals surface area (Å²) in [6.07, 6.45) is 1.40. The lowest BCUT2D eigenvalue weighted by molar-refractivity contribution is -0.467. The van der Waals surface area contributed by atoms with Gasteiger partial charge in [-0.2, -0.15) is 0 Å². The Morgan fingerprint density at radius 1 is 1.06 bits per heavy atom. The fraction of sp³-hybridized carbons (Fsp3) is 0.346. The molecule has 0 spiro atoms. The van der Waals surface area contributed by atoms with Crippen LogP contribution < -0.4 is 0 Å². The minimum absolute atomic E-state index is 0.0174. The number of ether oxygens (including phenoxy) is 1. The summed E-state index contributed by atoms with van der Waals surface area (Å²) < 4.78 is 5.41. The smallest absolute Gasteiger partial charge is 0.418 e. The molecule has 1 aromatic heterocycles. The van der Waals surface area contributed by atoms with E-state index in [1.54, 1.807) is 18.3 Å². The van der Waals surface area contributed by atoms with Gasteiger partial charge in [-0.25, -0.2) is 14.5 Å². The Kier molecular flexibility index (Phi) is 9.15. The zero-order valence-corrected chi connectivity index (χ0v) is 20.4. The lowest BCUT2D eigenvalue weighted by Gasteiger charge is -2.29. The van der Waals surface area contributed by atoms with Gasteiger partial charge >= 0.3 is 12.1 Å². The first-order valence-corrected chi connectivity index (χ1v) is 11.7. The number of para-hydroxylation sites is 1. The average molecular weight is 495 g/mol. The van der Waals surface area contributed by atoms with Crippen LogP contribution in [0.5, 0.6) is 0 Å². The summed E-state index contributed by atoms with van der Waals surface area (Å²) in [5.74, 6) is -0.546. The number of amides is 3. The molecule has 3 rings (SSSR count). The number of benzene rings is 2. The van der Waals surface area contributed by atoms with Gasteiger partial charge in [0, 0.05) is 28.6 Å². The number of hydrogen-bond donors (Lipinski definition) is 1. The molecule has 10 nitrogen and oxygen atoms in total. The molecule has 0 saturated carbocycles. The largest absolute Gasteiger partial charge is 0.444 e. The van der Waals surface area contributed by atoms with E-state index in [2.05, 4.69) is 4.98 Å². The van der Waals surface area contributed by atoms with Crippen LogP contribution in [0.25, 0.3) is 10.9 Å². The summed E-state index contributed by atoms with van der Waals surface area (Å²) >= 11 is 0. The standard InChI is InChI=1S/C26H30N4O6/c1-19(2)12-13-29(26(33)36-18-20-8-4-3-5-9-20)25(32)28(16-22(31)17-30(34)35)15-21-14-27-24-11-7-6-10-23(21)24/h3-11,14,19,27H,12-13,15-18H2,1-2H3. The number of rotatable bonds is 11. The molecule has 190 valence electrons. The van der Waals surface area contributed by atoms with Crippen molar-refractivity contribution in [1.82, 2.24) is 14.8 Å². The number of nitrogens with one attached hydrogen (secondary N) is 1. The predicted octanol–water partition coefficient (Wildman–Crippen LogP) is 4.62. The molecule has 3 amide bonds. The molecular weight excluding hydrogens is 464 g/mol. The second kappa shape index (κ2) is 12.5. The van der Waals surface area contributed by atoms with Crippen molar-refractivity contribution in [3.8, 4) is 0 Å². The number of nitro groups is 1. The normalized spacial score (nSPS) is 10.9. The van der Waals surface area contributed by atoms with Crippen molar-refractivity contribution in [3.05, 3.63) is 82.0 Å². The third-order valence-corrected chi connectivity index (χ3v) is 5.57. The van der Waals surface area contributed by atoms with E-state index in [0.717, 1.165) is 26.3 Å². The molecule has 1 N–H and O–H groups in total. The number of urea groups is 1. The van der Waals surface area contributed by atoms with Gasteiger partial charge in [-0.3, -0.25) is 14.9 Å². The molecule has 0 fully saturated rings. The topological polar surface area (TPSA) is 126 Å². The highest BCUT2D eigenvalue weighted by Crippen LogP contribution is 2.20. The molecule has 0 atom stereocenters. The SMILES string of the molecule is CC(C)CCN(C(=O)OCc1ccccc1)C(=O)N(CC(=O)C[N+](=O)[O-])Cc1c[nH]c2ccccc12. The van der Waals surface area contributed by atoms with Crippen LogP contribution in [0.15, 0.2) is 60.8 Å². The predicted molar refractivity (Wildman–Crippen MR) is 134 cm³/mol. The first-order valence-electron chi connectivity index (χ1n) is 11.7. The molecular formula is C26H30N4O6. The Morgan fingerprint density at radius 3 is 2.44 bits per heavy atom. The van der Waals surface area contributed by atoms with Crippen LogP contribution in [-0.2, 0) is 22.7 Å². The van der Waals surface area contributed by atoms with E-state index in [9.17, 15) is 24.5 Å². The van der Waals surface area contributed by atoms with Crippen LogP contribution in [-0.4, -0.2) is 57.2 Å². The van der Waals surface area contributed by atoms with Crippen molar-refractivity contribution >= 4 is 28.8 Å². The molecule has 0 unspecified atom stereocenters. The molecule has 1 heterocycles. The van der Waals surface area contributed by atoms with Gasteiger partial charge in [-0.05, 0) is 29.5 Å². The number of carbonyl (C=O) groups excluding carboxylic acids is 3. The molecule has 3 aromatic rings. The minimum atomic E-state index is -0.915.